The van der Waals surface area contributed by atoms with E-state index in [1.165, 1.54) is 6.07 Å². The molecule has 1 atom stereocenters. The number of nitrogens with one attached hydrogen (secondary N) is 1. The third-order valence-corrected chi connectivity index (χ3v) is 7.05. The normalized spacial score (nSPS) is 12.8. The highest BCUT2D eigenvalue weighted by Crippen LogP contribution is 2.22. The molecule has 0 bridgehead atoms. The monoisotopic (exact) mass is 403 g/mol. The standard InChI is InChI=1S/C19H21N3O3S2/c1-16-8-9-18(26(23)17-6-3-2-4-7-17)14-19(16)27(24,25)21-10-5-12-22-13-11-20-15-22/h2-4,6-9,11,13-15,21H,5,10,12H2,1H3. The summed E-state index contributed by atoms with van der Waals surface area (Å²) in [5.74, 6) is 0. The Morgan fingerprint density at radius 2 is 1.89 bits per heavy atom. The van der Waals surface area contributed by atoms with Crippen LogP contribution in [0.5, 0.6) is 0 Å². The van der Waals surface area contributed by atoms with Gasteiger partial charge in [0.05, 0.1) is 22.0 Å². The number of imidazole rings is 1. The van der Waals surface area contributed by atoms with E-state index in [2.05, 4.69) is 9.71 Å². The number of nitrogens with zero attached hydrogens (tertiary/aromatic N) is 2. The molecule has 0 radical (unpaired) electrons. The Labute approximate surface area is 161 Å². The third-order valence-electron chi connectivity index (χ3n) is 4.06. The molecule has 0 spiro atoms. The molecule has 142 valence electrons. The van der Waals surface area contributed by atoms with E-state index in [1.807, 2.05) is 16.8 Å². The van der Waals surface area contributed by atoms with Crippen molar-refractivity contribution < 1.29 is 12.6 Å². The van der Waals surface area contributed by atoms with Crippen LogP contribution >= 0.6 is 0 Å². The summed E-state index contributed by atoms with van der Waals surface area (Å²) >= 11 is 0. The van der Waals surface area contributed by atoms with Crippen LogP contribution in [-0.2, 0) is 27.4 Å². The molecule has 0 aliphatic rings. The molecule has 3 aromatic rings. The van der Waals surface area contributed by atoms with E-state index in [0.717, 1.165) is 0 Å². The number of benzene rings is 2. The van der Waals surface area contributed by atoms with Crippen molar-refractivity contribution in [2.24, 2.45) is 0 Å². The van der Waals surface area contributed by atoms with Gasteiger partial charge in [-0.3, -0.25) is 0 Å². The largest absolute Gasteiger partial charge is 0.337 e. The smallest absolute Gasteiger partial charge is 0.240 e. The van der Waals surface area contributed by atoms with Gasteiger partial charge < -0.3 is 4.57 Å². The molecule has 6 nitrogen and oxygen atoms in total. The van der Waals surface area contributed by atoms with Crippen molar-refractivity contribution in [2.75, 3.05) is 6.54 Å². The second-order valence-electron chi connectivity index (χ2n) is 6.06. The molecule has 1 heterocycles. The molecule has 27 heavy (non-hydrogen) atoms. The zero-order valence-electron chi connectivity index (χ0n) is 14.9. The van der Waals surface area contributed by atoms with Crippen LogP contribution in [0.3, 0.4) is 0 Å². The fourth-order valence-electron chi connectivity index (χ4n) is 2.63. The van der Waals surface area contributed by atoms with E-state index in [1.54, 1.807) is 55.8 Å². The predicted octanol–water partition coefficient (Wildman–Crippen LogP) is 2.73. The minimum Gasteiger partial charge on any atom is -0.337 e. The molecule has 0 saturated heterocycles. The maximum atomic E-state index is 12.7. The first-order valence-electron chi connectivity index (χ1n) is 8.50. The lowest BCUT2D eigenvalue weighted by Crippen LogP contribution is -2.26. The summed E-state index contributed by atoms with van der Waals surface area (Å²) in [6, 6.07) is 13.9. The summed E-state index contributed by atoms with van der Waals surface area (Å²) in [5.41, 5.74) is 0.617. The Morgan fingerprint density at radius 3 is 2.59 bits per heavy atom. The summed E-state index contributed by atoms with van der Waals surface area (Å²) < 4.78 is 42.6. The minimum atomic E-state index is -3.68. The molecule has 0 aliphatic heterocycles. The van der Waals surface area contributed by atoms with Crippen LogP contribution < -0.4 is 4.72 Å². The molecule has 1 aromatic heterocycles. The van der Waals surface area contributed by atoms with E-state index < -0.39 is 20.8 Å². The molecule has 0 amide bonds. The molecule has 2 aromatic carbocycles. The predicted molar refractivity (Wildman–Crippen MR) is 104 cm³/mol. The van der Waals surface area contributed by atoms with Crippen molar-refractivity contribution in [3.8, 4) is 0 Å². The molecular formula is C19H21N3O3S2. The molecule has 3 rings (SSSR count). The Morgan fingerprint density at radius 1 is 1.11 bits per heavy atom. The van der Waals surface area contributed by atoms with Crippen LogP contribution in [0, 0.1) is 6.92 Å². The van der Waals surface area contributed by atoms with E-state index in [0.29, 0.717) is 34.9 Å². The molecule has 1 N–H and O–H groups in total. The van der Waals surface area contributed by atoms with Crippen LogP contribution in [-0.4, -0.2) is 28.7 Å². The van der Waals surface area contributed by atoms with Gasteiger partial charge in [-0.2, -0.15) is 0 Å². The first kappa shape index (κ1) is 19.5. The van der Waals surface area contributed by atoms with Gasteiger partial charge in [-0.1, -0.05) is 24.3 Å². The zero-order chi connectivity index (χ0) is 19.3. The highest BCUT2D eigenvalue weighted by Gasteiger charge is 2.19. The van der Waals surface area contributed by atoms with Gasteiger partial charge in [-0.05, 0) is 43.2 Å². The Hall–Kier alpha value is -2.29. The maximum absolute atomic E-state index is 12.7. The first-order valence-corrected chi connectivity index (χ1v) is 11.1. The molecular weight excluding hydrogens is 382 g/mol. The summed E-state index contributed by atoms with van der Waals surface area (Å²) in [4.78, 5) is 5.22. The lowest BCUT2D eigenvalue weighted by atomic mass is 10.2. The number of sulfonamides is 1. The average Bonchev–Trinajstić information content (AvgIpc) is 3.19. The van der Waals surface area contributed by atoms with Crippen LogP contribution in [0.15, 0.2) is 81.9 Å². The summed E-state index contributed by atoms with van der Waals surface area (Å²) in [5, 5.41) is 0. The minimum absolute atomic E-state index is 0.159. The van der Waals surface area contributed by atoms with Gasteiger partial charge in [0.25, 0.3) is 0 Å². The molecule has 8 heteroatoms. The number of hydrogen-bond acceptors (Lipinski definition) is 4. The van der Waals surface area contributed by atoms with E-state index >= 15 is 0 Å². The highest BCUT2D eigenvalue weighted by atomic mass is 32.2. The second kappa shape index (κ2) is 8.60. The highest BCUT2D eigenvalue weighted by molar-refractivity contribution is 7.89. The lowest BCUT2D eigenvalue weighted by Gasteiger charge is -2.11. The van der Waals surface area contributed by atoms with Crippen LogP contribution in [0.4, 0.5) is 0 Å². The summed E-state index contributed by atoms with van der Waals surface area (Å²) in [7, 11) is -5.11. The maximum Gasteiger partial charge on any atom is 0.240 e. The fourth-order valence-corrected chi connectivity index (χ4v) is 5.14. The van der Waals surface area contributed by atoms with Gasteiger partial charge in [0.1, 0.15) is 0 Å². The number of aryl methyl sites for hydroxylation is 2. The third kappa shape index (κ3) is 4.91. The van der Waals surface area contributed by atoms with Gasteiger partial charge in [0.2, 0.25) is 10.0 Å². The zero-order valence-corrected chi connectivity index (χ0v) is 16.5. The van der Waals surface area contributed by atoms with E-state index in [-0.39, 0.29) is 4.90 Å². The fraction of sp³-hybridized carbons (Fsp3) is 0.211. The van der Waals surface area contributed by atoms with Gasteiger partial charge in [0, 0.05) is 35.3 Å². The lowest BCUT2D eigenvalue weighted by molar-refractivity contribution is 0.569. The summed E-state index contributed by atoms with van der Waals surface area (Å²) in [6.07, 6.45) is 5.86. The van der Waals surface area contributed by atoms with E-state index in [9.17, 15) is 12.6 Å². The summed E-state index contributed by atoms with van der Waals surface area (Å²) in [6.45, 7) is 2.72. The molecule has 0 aliphatic carbocycles. The Balaban J connectivity index is 1.73. The molecule has 1 unspecified atom stereocenters. The SMILES string of the molecule is Cc1ccc(S(=O)c2ccccc2)cc1S(=O)(=O)NCCCn1ccnc1. The van der Waals surface area contributed by atoms with Crippen molar-refractivity contribution in [1.29, 1.82) is 0 Å². The van der Waals surface area contributed by atoms with Gasteiger partial charge in [-0.25, -0.2) is 22.3 Å². The van der Waals surface area contributed by atoms with Crippen molar-refractivity contribution >= 4 is 20.8 Å². The quantitative estimate of drug-likeness (QED) is 0.587. The topological polar surface area (TPSA) is 81.1 Å². The van der Waals surface area contributed by atoms with Crippen molar-refractivity contribution in [3.05, 3.63) is 72.8 Å². The average molecular weight is 404 g/mol. The van der Waals surface area contributed by atoms with Gasteiger partial charge in [0.15, 0.2) is 0 Å². The molecule has 0 saturated carbocycles. The second-order valence-corrected chi connectivity index (χ2v) is 9.28. The van der Waals surface area contributed by atoms with Crippen molar-refractivity contribution in [1.82, 2.24) is 14.3 Å². The van der Waals surface area contributed by atoms with Gasteiger partial charge >= 0.3 is 0 Å². The van der Waals surface area contributed by atoms with Crippen molar-refractivity contribution in [3.63, 3.8) is 0 Å². The van der Waals surface area contributed by atoms with Crippen LogP contribution in [0.1, 0.15) is 12.0 Å². The number of hydrogen-bond donors (Lipinski definition) is 1. The Kier molecular flexibility index (Phi) is 6.20. The number of aromatic nitrogens is 2. The van der Waals surface area contributed by atoms with Crippen LogP contribution in [0.2, 0.25) is 0 Å². The molecule has 0 fully saturated rings. The first-order chi connectivity index (χ1) is 13.0. The van der Waals surface area contributed by atoms with Crippen molar-refractivity contribution in [2.45, 2.75) is 34.6 Å². The van der Waals surface area contributed by atoms with E-state index in [4.69, 9.17) is 0 Å². The Bertz CT molecular complexity index is 1020. The van der Waals surface area contributed by atoms with Gasteiger partial charge in [-0.15, -0.1) is 0 Å². The van der Waals surface area contributed by atoms with Crippen LogP contribution in [0.25, 0.3) is 0 Å². The number of rotatable bonds is 8.